The number of aromatic nitrogens is 3. The lowest BCUT2D eigenvalue weighted by Crippen LogP contribution is -1.94. The van der Waals surface area contributed by atoms with Gasteiger partial charge >= 0.3 is 0 Å². The maximum atomic E-state index is 10.5. The van der Waals surface area contributed by atoms with Crippen molar-refractivity contribution in [2.24, 2.45) is 0 Å². The van der Waals surface area contributed by atoms with Gasteiger partial charge in [-0.05, 0) is 25.5 Å². The molecule has 4 aromatic rings. The first kappa shape index (κ1) is 16.7. The quantitative estimate of drug-likeness (QED) is 0.505. The minimum Gasteiger partial charge on any atom is -0.494 e. The van der Waals surface area contributed by atoms with Gasteiger partial charge in [0.1, 0.15) is 5.15 Å². The molecular formula is C20H19ClN4O. The van der Waals surface area contributed by atoms with E-state index in [-0.39, 0.29) is 5.88 Å². The Kier molecular flexibility index (Phi) is 3.96. The van der Waals surface area contributed by atoms with Crippen LogP contribution in [0.1, 0.15) is 19.0 Å². The van der Waals surface area contributed by atoms with E-state index in [1.54, 1.807) is 4.57 Å². The summed E-state index contributed by atoms with van der Waals surface area (Å²) in [5, 5.41) is 12.4. The molecule has 132 valence electrons. The van der Waals surface area contributed by atoms with Crippen molar-refractivity contribution in [3.8, 4) is 17.0 Å². The van der Waals surface area contributed by atoms with E-state index in [2.05, 4.69) is 11.9 Å². The molecule has 0 saturated heterocycles. The minimum atomic E-state index is 0.161. The molecule has 0 radical (unpaired) electrons. The fourth-order valence-electron chi connectivity index (χ4n) is 3.37. The second-order valence-corrected chi connectivity index (χ2v) is 6.78. The van der Waals surface area contributed by atoms with E-state index in [1.807, 2.05) is 43.5 Å². The number of pyridine rings is 2. The number of hydrogen-bond acceptors (Lipinski definition) is 4. The van der Waals surface area contributed by atoms with Gasteiger partial charge in [-0.2, -0.15) is 0 Å². The molecule has 6 heteroatoms. The molecule has 0 aliphatic carbocycles. The number of aromatic hydroxyl groups is 1. The summed E-state index contributed by atoms with van der Waals surface area (Å²) in [6, 6.07) is 9.65. The molecule has 3 N–H and O–H groups in total. The molecule has 0 spiro atoms. The first-order valence-electron chi connectivity index (χ1n) is 8.54. The molecule has 4 rings (SSSR count). The predicted molar refractivity (Wildman–Crippen MR) is 107 cm³/mol. The lowest BCUT2D eigenvalue weighted by molar-refractivity contribution is 0.421. The summed E-state index contributed by atoms with van der Waals surface area (Å²) in [5.41, 5.74) is 10.9. The van der Waals surface area contributed by atoms with Crippen molar-refractivity contribution < 1.29 is 5.11 Å². The number of fused-ring (bicyclic) bond motifs is 2. The molecule has 26 heavy (non-hydrogen) atoms. The normalized spacial score (nSPS) is 11.5. The van der Waals surface area contributed by atoms with E-state index in [0.717, 1.165) is 34.1 Å². The zero-order valence-electron chi connectivity index (χ0n) is 14.6. The molecule has 0 atom stereocenters. The van der Waals surface area contributed by atoms with Crippen LogP contribution in [0.5, 0.6) is 5.88 Å². The average molecular weight is 367 g/mol. The fourth-order valence-corrected chi connectivity index (χ4v) is 3.66. The molecule has 0 aliphatic rings. The van der Waals surface area contributed by atoms with Crippen LogP contribution >= 0.6 is 11.6 Å². The number of hydrogen-bond donors (Lipinski definition) is 2. The third-order valence-corrected chi connectivity index (χ3v) is 4.89. The minimum absolute atomic E-state index is 0.161. The van der Waals surface area contributed by atoms with Gasteiger partial charge in [-0.1, -0.05) is 36.7 Å². The molecule has 3 heterocycles. The molecule has 0 amide bonds. The highest BCUT2D eigenvalue weighted by Crippen LogP contribution is 2.39. The number of halogens is 1. The molecular weight excluding hydrogens is 348 g/mol. The van der Waals surface area contributed by atoms with Crippen LogP contribution in [0.4, 0.5) is 5.69 Å². The summed E-state index contributed by atoms with van der Waals surface area (Å²) in [6.07, 6.45) is 2.75. The second-order valence-electron chi connectivity index (χ2n) is 6.42. The molecule has 5 nitrogen and oxygen atoms in total. The first-order chi connectivity index (χ1) is 12.5. The van der Waals surface area contributed by atoms with Gasteiger partial charge in [0.2, 0.25) is 5.88 Å². The number of rotatable bonds is 3. The Balaban J connectivity index is 2.06. The highest BCUT2D eigenvalue weighted by Gasteiger charge is 2.18. The number of anilines is 1. The zero-order chi connectivity index (χ0) is 18.4. The van der Waals surface area contributed by atoms with E-state index >= 15 is 0 Å². The Morgan fingerprint density at radius 2 is 1.96 bits per heavy atom. The Morgan fingerprint density at radius 1 is 1.15 bits per heavy atom. The van der Waals surface area contributed by atoms with Crippen molar-refractivity contribution >= 4 is 39.1 Å². The maximum Gasteiger partial charge on any atom is 0.202 e. The Bertz CT molecular complexity index is 1150. The van der Waals surface area contributed by atoms with Crippen LogP contribution in [0.15, 0.2) is 36.5 Å². The van der Waals surface area contributed by atoms with Crippen molar-refractivity contribution in [3.63, 3.8) is 0 Å². The van der Waals surface area contributed by atoms with E-state index in [9.17, 15) is 5.11 Å². The standard InChI is InChI=1S/C20H19ClN4O/c1-3-9-25-10-15-16(20(25)26)17(22)14-6-4-5-12(18(14)24-15)13-8-7-11(2)23-19(13)21/h4-8,10,26H,3,9,22H2,1-2H3. The zero-order valence-corrected chi connectivity index (χ0v) is 15.4. The van der Waals surface area contributed by atoms with Crippen LogP contribution in [-0.2, 0) is 6.54 Å². The van der Waals surface area contributed by atoms with Crippen LogP contribution < -0.4 is 5.73 Å². The van der Waals surface area contributed by atoms with Gasteiger partial charge in [-0.3, -0.25) is 0 Å². The molecule has 0 unspecified atom stereocenters. The highest BCUT2D eigenvalue weighted by molar-refractivity contribution is 6.32. The monoisotopic (exact) mass is 366 g/mol. The lowest BCUT2D eigenvalue weighted by Gasteiger charge is -2.10. The fraction of sp³-hybridized carbons (Fsp3) is 0.200. The largest absolute Gasteiger partial charge is 0.494 e. The summed E-state index contributed by atoms with van der Waals surface area (Å²) < 4.78 is 1.78. The maximum absolute atomic E-state index is 10.5. The average Bonchev–Trinajstić information content (AvgIpc) is 2.91. The number of aryl methyl sites for hydroxylation is 2. The summed E-state index contributed by atoms with van der Waals surface area (Å²) in [6.45, 7) is 4.66. The van der Waals surface area contributed by atoms with Crippen molar-refractivity contribution in [1.29, 1.82) is 0 Å². The van der Waals surface area contributed by atoms with Gasteiger partial charge in [-0.25, -0.2) is 9.97 Å². The van der Waals surface area contributed by atoms with Crippen molar-refractivity contribution in [2.45, 2.75) is 26.8 Å². The topological polar surface area (TPSA) is 77.0 Å². The molecule has 0 aliphatic heterocycles. The lowest BCUT2D eigenvalue weighted by atomic mass is 10.0. The number of nitrogens with zero attached hydrogens (tertiary/aromatic N) is 3. The number of nitrogen functional groups attached to an aromatic ring is 1. The summed E-state index contributed by atoms with van der Waals surface area (Å²) in [5.74, 6) is 0.161. The summed E-state index contributed by atoms with van der Waals surface area (Å²) >= 11 is 6.38. The van der Waals surface area contributed by atoms with Crippen LogP contribution in [0, 0.1) is 6.92 Å². The van der Waals surface area contributed by atoms with Crippen LogP contribution in [0.2, 0.25) is 5.15 Å². The smallest absolute Gasteiger partial charge is 0.202 e. The third kappa shape index (κ3) is 2.47. The van der Waals surface area contributed by atoms with Crippen LogP contribution in [0.3, 0.4) is 0 Å². The van der Waals surface area contributed by atoms with E-state index in [0.29, 0.717) is 28.3 Å². The Hall–Kier alpha value is -2.79. The molecule has 0 saturated carbocycles. The second kappa shape index (κ2) is 6.18. The van der Waals surface area contributed by atoms with Gasteiger partial charge in [0, 0.05) is 34.9 Å². The third-order valence-electron chi connectivity index (χ3n) is 4.60. The van der Waals surface area contributed by atoms with Gasteiger partial charge in [0.15, 0.2) is 0 Å². The van der Waals surface area contributed by atoms with E-state index in [4.69, 9.17) is 22.3 Å². The van der Waals surface area contributed by atoms with Crippen LogP contribution in [-0.4, -0.2) is 19.6 Å². The van der Waals surface area contributed by atoms with Gasteiger partial charge in [0.05, 0.1) is 22.1 Å². The summed E-state index contributed by atoms with van der Waals surface area (Å²) in [7, 11) is 0. The van der Waals surface area contributed by atoms with Gasteiger partial charge in [0.25, 0.3) is 0 Å². The van der Waals surface area contributed by atoms with Gasteiger partial charge in [-0.15, -0.1) is 0 Å². The first-order valence-corrected chi connectivity index (χ1v) is 8.92. The van der Waals surface area contributed by atoms with E-state index < -0.39 is 0 Å². The SMILES string of the molecule is CCCn1cc2nc3c(-c4ccc(C)nc4Cl)cccc3c(N)c2c1O. The Morgan fingerprint density at radius 3 is 2.69 bits per heavy atom. The number of nitrogens with two attached hydrogens (primary N) is 1. The molecule has 0 fully saturated rings. The van der Waals surface area contributed by atoms with Crippen LogP contribution in [0.25, 0.3) is 32.9 Å². The van der Waals surface area contributed by atoms with E-state index in [1.165, 1.54) is 0 Å². The molecule has 1 aromatic carbocycles. The predicted octanol–water partition coefficient (Wildman–Crippen LogP) is 4.91. The number of benzene rings is 1. The van der Waals surface area contributed by atoms with Gasteiger partial charge < -0.3 is 15.4 Å². The van der Waals surface area contributed by atoms with Crippen molar-refractivity contribution in [1.82, 2.24) is 14.5 Å². The Labute approximate surface area is 156 Å². The number of para-hydroxylation sites is 1. The van der Waals surface area contributed by atoms with Crippen molar-refractivity contribution in [3.05, 3.63) is 47.4 Å². The molecule has 3 aromatic heterocycles. The molecule has 0 bridgehead atoms. The van der Waals surface area contributed by atoms with Crippen molar-refractivity contribution in [2.75, 3.05) is 5.73 Å². The highest BCUT2D eigenvalue weighted by atomic mass is 35.5. The summed E-state index contributed by atoms with van der Waals surface area (Å²) in [4.78, 5) is 9.14.